The average Bonchev–Trinajstić information content (AvgIpc) is 2.61. The molecule has 0 saturated carbocycles. The lowest BCUT2D eigenvalue weighted by atomic mass is 10.1. The normalized spacial score (nSPS) is 10.4. The molecule has 0 saturated heterocycles. The highest BCUT2D eigenvalue weighted by molar-refractivity contribution is 14.1. The van der Waals surface area contributed by atoms with Crippen molar-refractivity contribution in [2.75, 3.05) is 22.9 Å². The smallest absolute Gasteiger partial charge is 0.159 e. The molecule has 0 bridgehead atoms. The van der Waals surface area contributed by atoms with Crippen LogP contribution < -0.4 is 16.4 Å². The number of benzene rings is 2. The zero-order valence-corrected chi connectivity index (χ0v) is 15.2. The molecule has 0 amide bonds. The fourth-order valence-electron chi connectivity index (χ4n) is 2.28. The highest BCUT2D eigenvalue weighted by atomic mass is 127. The first-order chi connectivity index (χ1) is 11.7. The van der Waals surface area contributed by atoms with Gasteiger partial charge in [-0.3, -0.25) is 0 Å². The Morgan fingerprint density at radius 1 is 0.917 bits per heavy atom. The minimum absolute atomic E-state index is 0.518. The van der Waals surface area contributed by atoms with Gasteiger partial charge >= 0.3 is 0 Å². The van der Waals surface area contributed by atoms with Crippen LogP contribution in [0.2, 0.25) is 0 Å². The van der Waals surface area contributed by atoms with E-state index in [4.69, 9.17) is 5.73 Å². The van der Waals surface area contributed by atoms with Crippen molar-refractivity contribution in [2.24, 2.45) is 0 Å². The van der Waals surface area contributed by atoms with Gasteiger partial charge < -0.3 is 16.4 Å². The van der Waals surface area contributed by atoms with Crippen LogP contribution in [0.3, 0.4) is 0 Å². The predicted molar refractivity (Wildman–Crippen MR) is 108 cm³/mol. The van der Waals surface area contributed by atoms with Crippen LogP contribution in [0.5, 0.6) is 0 Å². The second-order valence-corrected chi connectivity index (χ2v) is 6.52. The Kier molecular flexibility index (Phi) is 5.47. The SMILES string of the molecule is Nc1c(NCCc2ccccc2)ncnc1Nc1ccc(I)cc1. The van der Waals surface area contributed by atoms with Crippen LogP contribution in [-0.2, 0) is 6.42 Å². The topological polar surface area (TPSA) is 75.9 Å². The van der Waals surface area contributed by atoms with Crippen LogP contribution in [0.1, 0.15) is 5.56 Å². The Morgan fingerprint density at radius 3 is 2.38 bits per heavy atom. The van der Waals surface area contributed by atoms with E-state index in [0.29, 0.717) is 17.3 Å². The summed E-state index contributed by atoms with van der Waals surface area (Å²) in [7, 11) is 0. The molecule has 1 heterocycles. The van der Waals surface area contributed by atoms with E-state index in [2.05, 4.69) is 55.3 Å². The minimum Gasteiger partial charge on any atom is -0.393 e. The van der Waals surface area contributed by atoms with Crippen LogP contribution in [0.4, 0.5) is 23.0 Å². The van der Waals surface area contributed by atoms with Crippen molar-refractivity contribution in [1.29, 1.82) is 0 Å². The largest absolute Gasteiger partial charge is 0.393 e. The standard InChI is InChI=1S/C18H18IN5/c19-14-6-8-15(9-7-14)24-18-16(20)17(22-12-23-18)21-11-10-13-4-2-1-3-5-13/h1-9,12H,10-11,20H2,(H2,21,22,23,24). The zero-order chi connectivity index (χ0) is 16.8. The van der Waals surface area contributed by atoms with Gasteiger partial charge in [0.05, 0.1) is 0 Å². The summed E-state index contributed by atoms with van der Waals surface area (Å²) in [4.78, 5) is 8.47. The van der Waals surface area contributed by atoms with Gasteiger partial charge in [0, 0.05) is 15.8 Å². The molecule has 1 aromatic heterocycles. The van der Waals surface area contributed by atoms with E-state index in [1.165, 1.54) is 15.5 Å². The van der Waals surface area contributed by atoms with Gasteiger partial charge in [0.25, 0.3) is 0 Å². The first-order valence-corrected chi connectivity index (χ1v) is 8.71. The Morgan fingerprint density at radius 2 is 1.62 bits per heavy atom. The number of aromatic nitrogens is 2. The van der Waals surface area contributed by atoms with Gasteiger partial charge in [0.1, 0.15) is 12.0 Å². The van der Waals surface area contributed by atoms with Gasteiger partial charge in [0.2, 0.25) is 0 Å². The third-order valence-electron chi connectivity index (χ3n) is 3.54. The number of hydrogen-bond donors (Lipinski definition) is 3. The van der Waals surface area contributed by atoms with Crippen LogP contribution in [-0.4, -0.2) is 16.5 Å². The van der Waals surface area contributed by atoms with E-state index in [9.17, 15) is 0 Å². The summed E-state index contributed by atoms with van der Waals surface area (Å²) in [6.45, 7) is 0.758. The molecule has 0 atom stereocenters. The van der Waals surface area contributed by atoms with Crippen LogP contribution in [0.15, 0.2) is 60.9 Å². The Hall–Kier alpha value is -2.35. The van der Waals surface area contributed by atoms with E-state index < -0.39 is 0 Å². The summed E-state index contributed by atoms with van der Waals surface area (Å²) >= 11 is 2.27. The number of anilines is 4. The highest BCUT2D eigenvalue weighted by Gasteiger charge is 2.08. The van der Waals surface area contributed by atoms with Crippen LogP contribution in [0.25, 0.3) is 0 Å². The van der Waals surface area contributed by atoms with E-state index in [-0.39, 0.29) is 0 Å². The molecule has 4 N–H and O–H groups in total. The van der Waals surface area contributed by atoms with Crippen molar-refractivity contribution >= 4 is 45.6 Å². The van der Waals surface area contributed by atoms with Crippen molar-refractivity contribution in [3.8, 4) is 0 Å². The number of nitrogens with zero attached hydrogens (tertiary/aromatic N) is 2. The lowest BCUT2D eigenvalue weighted by Crippen LogP contribution is -2.10. The summed E-state index contributed by atoms with van der Waals surface area (Å²) in [5, 5.41) is 6.51. The molecule has 3 aromatic rings. The van der Waals surface area contributed by atoms with Crippen molar-refractivity contribution in [2.45, 2.75) is 6.42 Å². The molecule has 3 rings (SSSR count). The maximum absolute atomic E-state index is 6.19. The summed E-state index contributed by atoms with van der Waals surface area (Å²) in [5.74, 6) is 1.25. The monoisotopic (exact) mass is 431 g/mol. The molecule has 0 aliphatic carbocycles. The molecule has 0 spiro atoms. The summed E-state index contributed by atoms with van der Waals surface area (Å²) in [6.07, 6.45) is 2.42. The lowest BCUT2D eigenvalue weighted by molar-refractivity contribution is 1.00. The van der Waals surface area contributed by atoms with Gasteiger partial charge in [-0.1, -0.05) is 30.3 Å². The third kappa shape index (κ3) is 4.35. The van der Waals surface area contributed by atoms with E-state index in [1.807, 2.05) is 42.5 Å². The van der Waals surface area contributed by atoms with E-state index in [1.54, 1.807) is 0 Å². The number of nitrogens with one attached hydrogen (secondary N) is 2. The molecular weight excluding hydrogens is 413 g/mol. The number of nitrogen functional groups attached to an aromatic ring is 1. The van der Waals surface area contributed by atoms with Crippen molar-refractivity contribution in [3.63, 3.8) is 0 Å². The number of halogens is 1. The van der Waals surface area contributed by atoms with Crippen LogP contribution >= 0.6 is 22.6 Å². The molecule has 0 aliphatic heterocycles. The average molecular weight is 431 g/mol. The third-order valence-corrected chi connectivity index (χ3v) is 4.26. The van der Waals surface area contributed by atoms with Gasteiger partial charge in [-0.2, -0.15) is 0 Å². The number of hydrogen-bond acceptors (Lipinski definition) is 5. The molecule has 0 fully saturated rings. The first-order valence-electron chi connectivity index (χ1n) is 7.63. The zero-order valence-electron chi connectivity index (χ0n) is 13.0. The maximum Gasteiger partial charge on any atom is 0.159 e. The molecule has 0 aliphatic rings. The number of rotatable bonds is 6. The van der Waals surface area contributed by atoms with E-state index in [0.717, 1.165) is 18.7 Å². The van der Waals surface area contributed by atoms with Gasteiger partial charge in [-0.25, -0.2) is 9.97 Å². The molecule has 24 heavy (non-hydrogen) atoms. The Balaban J connectivity index is 1.65. The quantitative estimate of drug-likeness (QED) is 0.514. The fourth-order valence-corrected chi connectivity index (χ4v) is 2.64. The van der Waals surface area contributed by atoms with Gasteiger partial charge in [0.15, 0.2) is 11.6 Å². The maximum atomic E-state index is 6.19. The second-order valence-electron chi connectivity index (χ2n) is 5.28. The van der Waals surface area contributed by atoms with Crippen molar-refractivity contribution in [1.82, 2.24) is 9.97 Å². The molecule has 6 heteroatoms. The summed E-state index contributed by atoms with van der Waals surface area (Å²) < 4.78 is 1.18. The molecule has 5 nitrogen and oxygen atoms in total. The Bertz CT molecular complexity index is 790. The highest BCUT2D eigenvalue weighted by Crippen LogP contribution is 2.25. The lowest BCUT2D eigenvalue weighted by Gasteiger charge is -2.12. The Labute approximate surface area is 154 Å². The number of nitrogens with two attached hydrogens (primary N) is 1. The van der Waals surface area contributed by atoms with Crippen LogP contribution in [0, 0.1) is 3.57 Å². The molecule has 2 aromatic carbocycles. The second kappa shape index (κ2) is 7.96. The molecular formula is C18H18IN5. The van der Waals surface area contributed by atoms with Gasteiger partial charge in [-0.05, 0) is 58.8 Å². The summed E-state index contributed by atoms with van der Waals surface area (Å²) in [6, 6.07) is 18.3. The van der Waals surface area contributed by atoms with Gasteiger partial charge in [-0.15, -0.1) is 0 Å². The van der Waals surface area contributed by atoms with Crippen molar-refractivity contribution in [3.05, 3.63) is 70.1 Å². The van der Waals surface area contributed by atoms with Crippen molar-refractivity contribution < 1.29 is 0 Å². The fraction of sp³-hybridized carbons (Fsp3) is 0.111. The minimum atomic E-state index is 0.518. The molecule has 122 valence electrons. The molecule has 0 unspecified atom stereocenters. The van der Waals surface area contributed by atoms with E-state index >= 15 is 0 Å². The summed E-state index contributed by atoms with van der Waals surface area (Å²) in [5.41, 5.74) is 8.92. The first kappa shape index (κ1) is 16.5. The predicted octanol–water partition coefficient (Wildman–Crippen LogP) is 4.06. The molecule has 0 radical (unpaired) electrons.